The second-order valence-corrected chi connectivity index (χ2v) is 8.07. The van der Waals surface area contributed by atoms with E-state index in [0.717, 1.165) is 22.0 Å². The van der Waals surface area contributed by atoms with Crippen LogP contribution in [0.25, 0.3) is 10.2 Å². The van der Waals surface area contributed by atoms with Crippen LogP contribution in [0.5, 0.6) is 0 Å². The average Bonchev–Trinajstić information content (AvgIpc) is 2.84. The Kier molecular flexibility index (Phi) is 5.24. The molecule has 0 spiro atoms. The predicted octanol–water partition coefficient (Wildman–Crippen LogP) is 3.97. The zero-order valence-corrected chi connectivity index (χ0v) is 14.3. The smallest absolute Gasteiger partial charge is 0.233 e. The van der Waals surface area contributed by atoms with Crippen LogP contribution in [-0.4, -0.2) is 33.9 Å². The lowest BCUT2D eigenvalue weighted by Crippen LogP contribution is -2.40. The summed E-state index contributed by atoms with van der Waals surface area (Å²) in [5.41, 5.74) is 0.645. The fraction of sp³-hybridized carbons (Fsp3) is 0.467. The molecule has 2 rings (SSSR count). The van der Waals surface area contributed by atoms with E-state index in [0.29, 0.717) is 0 Å². The van der Waals surface area contributed by atoms with E-state index >= 15 is 0 Å². The van der Waals surface area contributed by atoms with E-state index in [1.54, 1.807) is 23.1 Å². The Hall–Kier alpha value is -1.11. The molecule has 4 nitrogen and oxygen atoms in total. The van der Waals surface area contributed by atoms with E-state index in [1.807, 2.05) is 45.9 Å². The van der Waals surface area contributed by atoms with Crippen LogP contribution in [0.3, 0.4) is 0 Å². The highest BCUT2D eigenvalue weighted by Gasteiger charge is 2.21. The van der Waals surface area contributed by atoms with Crippen LogP contribution in [0.4, 0.5) is 0 Å². The van der Waals surface area contributed by atoms with Crippen molar-refractivity contribution in [3.05, 3.63) is 24.3 Å². The third-order valence-corrected chi connectivity index (χ3v) is 5.06. The summed E-state index contributed by atoms with van der Waals surface area (Å²) in [6.07, 6.45) is 0.745. The van der Waals surface area contributed by atoms with Gasteiger partial charge in [-0.3, -0.25) is 9.63 Å². The number of hydroxylamine groups is 2. The van der Waals surface area contributed by atoms with Crippen LogP contribution in [0, 0.1) is 0 Å². The van der Waals surface area contributed by atoms with Gasteiger partial charge in [0.05, 0.1) is 21.9 Å². The van der Waals surface area contributed by atoms with Crippen molar-refractivity contribution in [2.24, 2.45) is 0 Å². The van der Waals surface area contributed by atoms with Gasteiger partial charge in [-0.25, -0.2) is 10.0 Å². The van der Waals surface area contributed by atoms with Crippen molar-refractivity contribution >= 4 is 39.7 Å². The maximum absolute atomic E-state index is 11.2. The number of carbonyl (C=O) groups excluding carboxylic acids is 1. The second-order valence-electron chi connectivity index (χ2n) is 5.78. The standard InChI is InChI=1S/C15H20N2O2S2/c1-11(17(10-18)19-15(2,3)4)9-20-14-16-12-7-5-6-8-13(12)21-14/h5-8,10-11H,9H2,1-4H3. The minimum atomic E-state index is -0.379. The summed E-state index contributed by atoms with van der Waals surface area (Å²) in [6, 6.07) is 8.08. The van der Waals surface area contributed by atoms with Crippen LogP contribution in [-0.2, 0) is 9.63 Å². The molecule has 114 valence electrons. The van der Waals surface area contributed by atoms with Crippen molar-refractivity contribution in [1.29, 1.82) is 0 Å². The summed E-state index contributed by atoms with van der Waals surface area (Å²) in [4.78, 5) is 21.4. The van der Waals surface area contributed by atoms with Crippen LogP contribution in [0.15, 0.2) is 28.6 Å². The Morgan fingerprint density at radius 1 is 1.43 bits per heavy atom. The predicted molar refractivity (Wildman–Crippen MR) is 88.5 cm³/mol. The largest absolute Gasteiger partial charge is 0.276 e. The van der Waals surface area contributed by atoms with Crippen LogP contribution < -0.4 is 0 Å². The van der Waals surface area contributed by atoms with Gasteiger partial charge in [-0.1, -0.05) is 23.9 Å². The molecule has 2 aromatic rings. The highest BCUT2D eigenvalue weighted by atomic mass is 32.2. The molecule has 0 fully saturated rings. The molecule has 0 aliphatic heterocycles. The highest BCUT2D eigenvalue weighted by molar-refractivity contribution is 8.01. The van der Waals surface area contributed by atoms with Gasteiger partial charge in [-0.15, -0.1) is 11.3 Å². The summed E-state index contributed by atoms with van der Waals surface area (Å²) >= 11 is 3.33. The van der Waals surface area contributed by atoms with Gasteiger partial charge in [0.25, 0.3) is 0 Å². The third kappa shape index (κ3) is 4.69. The molecule has 0 saturated carbocycles. The fourth-order valence-corrected chi connectivity index (χ4v) is 3.81. The highest BCUT2D eigenvalue weighted by Crippen LogP contribution is 2.30. The number of nitrogens with zero attached hydrogens (tertiary/aromatic N) is 2. The van der Waals surface area contributed by atoms with Crippen molar-refractivity contribution in [2.75, 3.05) is 5.75 Å². The lowest BCUT2D eigenvalue weighted by Gasteiger charge is -2.30. The van der Waals surface area contributed by atoms with Crippen molar-refractivity contribution in [3.63, 3.8) is 0 Å². The zero-order chi connectivity index (χ0) is 15.5. The van der Waals surface area contributed by atoms with E-state index < -0.39 is 0 Å². The number of benzene rings is 1. The first-order valence-electron chi connectivity index (χ1n) is 6.80. The lowest BCUT2D eigenvalue weighted by atomic mass is 10.2. The summed E-state index contributed by atoms with van der Waals surface area (Å²) in [5, 5.41) is 1.39. The van der Waals surface area contributed by atoms with Crippen molar-refractivity contribution in [3.8, 4) is 0 Å². The first kappa shape index (κ1) is 16.3. The number of fused-ring (bicyclic) bond motifs is 1. The number of aromatic nitrogens is 1. The maximum atomic E-state index is 11.2. The van der Waals surface area contributed by atoms with E-state index in [-0.39, 0.29) is 11.6 Å². The fourth-order valence-electron chi connectivity index (χ4n) is 1.71. The second kappa shape index (κ2) is 6.77. The number of hydrogen-bond donors (Lipinski definition) is 0. The number of amides is 1. The molecule has 0 bridgehead atoms. The molecule has 1 aromatic heterocycles. The minimum Gasteiger partial charge on any atom is -0.276 e. The molecule has 1 atom stereocenters. The zero-order valence-electron chi connectivity index (χ0n) is 12.7. The molecule has 0 saturated heterocycles. The molecular weight excluding hydrogens is 304 g/mol. The molecule has 1 heterocycles. The number of para-hydroxylation sites is 1. The van der Waals surface area contributed by atoms with Gasteiger partial charge < -0.3 is 0 Å². The minimum absolute atomic E-state index is 0.0151. The monoisotopic (exact) mass is 324 g/mol. The number of thiazole rings is 1. The van der Waals surface area contributed by atoms with E-state index in [1.165, 1.54) is 9.76 Å². The molecule has 0 N–H and O–H groups in total. The van der Waals surface area contributed by atoms with Crippen molar-refractivity contribution < 1.29 is 9.63 Å². The summed E-state index contributed by atoms with van der Waals surface area (Å²) in [5.74, 6) is 0.745. The van der Waals surface area contributed by atoms with Crippen molar-refractivity contribution in [2.45, 2.75) is 43.7 Å². The van der Waals surface area contributed by atoms with Gasteiger partial charge in [0.2, 0.25) is 6.41 Å². The van der Waals surface area contributed by atoms with Gasteiger partial charge in [-0.05, 0) is 39.8 Å². The average molecular weight is 324 g/mol. The van der Waals surface area contributed by atoms with E-state index in [4.69, 9.17) is 4.84 Å². The van der Waals surface area contributed by atoms with Gasteiger partial charge >= 0.3 is 0 Å². The Morgan fingerprint density at radius 2 is 2.14 bits per heavy atom. The molecule has 1 amide bonds. The first-order valence-corrected chi connectivity index (χ1v) is 8.60. The van der Waals surface area contributed by atoms with Gasteiger partial charge in [0.15, 0.2) is 4.34 Å². The number of carbonyl (C=O) groups is 1. The summed E-state index contributed by atoms with van der Waals surface area (Å²) in [6.45, 7) is 7.76. The lowest BCUT2D eigenvalue weighted by molar-refractivity contribution is -0.227. The quantitative estimate of drug-likeness (QED) is 0.458. The van der Waals surface area contributed by atoms with Gasteiger partial charge in [0.1, 0.15) is 0 Å². The molecule has 6 heteroatoms. The Bertz CT molecular complexity index is 574. The molecule has 1 unspecified atom stereocenters. The Balaban J connectivity index is 1.96. The molecule has 21 heavy (non-hydrogen) atoms. The van der Waals surface area contributed by atoms with Crippen molar-refractivity contribution in [1.82, 2.24) is 10.0 Å². The molecule has 0 aliphatic carbocycles. The summed E-state index contributed by atoms with van der Waals surface area (Å²) < 4.78 is 2.20. The van der Waals surface area contributed by atoms with Crippen LogP contribution >= 0.6 is 23.1 Å². The molecule has 0 radical (unpaired) electrons. The van der Waals surface area contributed by atoms with Crippen LogP contribution in [0.1, 0.15) is 27.7 Å². The molecule has 1 aromatic carbocycles. The number of rotatable bonds is 6. The van der Waals surface area contributed by atoms with E-state index in [2.05, 4.69) is 11.1 Å². The number of thioether (sulfide) groups is 1. The third-order valence-electron chi connectivity index (χ3n) is 2.64. The molecular formula is C15H20N2O2S2. The summed E-state index contributed by atoms with van der Waals surface area (Å²) in [7, 11) is 0. The van der Waals surface area contributed by atoms with Gasteiger partial charge in [-0.2, -0.15) is 0 Å². The van der Waals surface area contributed by atoms with E-state index in [9.17, 15) is 4.79 Å². The first-order chi connectivity index (χ1) is 9.89. The maximum Gasteiger partial charge on any atom is 0.233 e. The molecule has 0 aliphatic rings. The van der Waals surface area contributed by atoms with Gasteiger partial charge in [0, 0.05) is 5.75 Å². The Morgan fingerprint density at radius 3 is 2.76 bits per heavy atom. The Labute approximate surface area is 133 Å². The SMILES string of the molecule is CC(CSc1nc2ccccc2s1)N(C=O)OC(C)(C)C. The van der Waals surface area contributed by atoms with Crippen LogP contribution in [0.2, 0.25) is 0 Å². The normalized spacial score (nSPS) is 13.3. The topological polar surface area (TPSA) is 42.4 Å². The number of hydrogen-bond acceptors (Lipinski definition) is 5.